The van der Waals surface area contributed by atoms with Crippen molar-refractivity contribution in [3.8, 4) is 5.75 Å². The Bertz CT molecular complexity index is 1100. The molecule has 7 heteroatoms. The second-order valence-electron chi connectivity index (χ2n) is 6.74. The number of benzene rings is 2. The number of nitrogens with one attached hydrogen (secondary N) is 3. The molecule has 0 saturated heterocycles. The minimum atomic E-state index is -0.407. The minimum absolute atomic E-state index is 0.127. The van der Waals surface area contributed by atoms with Crippen LogP contribution in [0, 0.1) is 13.8 Å². The number of fused-ring (bicyclic) bond motifs is 1. The van der Waals surface area contributed by atoms with E-state index >= 15 is 0 Å². The fourth-order valence-electron chi connectivity index (χ4n) is 3.25. The van der Waals surface area contributed by atoms with E-state index in [0.29, 0.717) is 17.6 Å². The predicted molar refractivity (Wildman–Crippen MR) is 109 cm³/mol. The molecule has 3 aromatic rings. The number of ether oxygens (including phenoxy) is 1. The maximum Gasteiger partial charge on any atom is 0.357 e. The lowest BCUT2D eigenvalue weighted by Crippen LogP contribution is -2.82. The molecular formula is C21H22N5O2+. The monoisotopic (exact) mass is 376 g/mol. The Balaban J connectivity index is 1.78. The van der Waals surface area contributed by atoms with E-state index in [1.54, 1.807) is 11.7 Å². The fourth-order valence-corrected chi connectivity index (χ4v) is 3.25. The molecule has 2 heterocycles. The molecule has 0 bridgehead atoms. The number of rotatable bonds is 3. The highest BCUT2D eigenvalue weighted by atomic mass is 16.5. The summed E-state index contributed by atoms with van der Waals surface area (Å²) in [4.78, 5) is 20.6. The molecule has 1 aliphatic heterocycles. The first-order valence-corrected chi connectivity index (χ1v) is 9.02. The van der Waals surface area contributed by atoms with Crippen molar-refractivity contribution in [1.82, 2.24) is 9.55 Å². The second-order valence-corrected chi connectivity index (χ2v) is 6.74. The lowest BCUT2D eigenvalue weighted by Gasteiger charge is -2.23. The number of methoxy groups -OCH3 is 1. The molecule has 0 spiro atoms. The first-order valence-electron chi connectivity index (χ1n) is 9.02. The Kier molecular flexibility index (Phi) is 4.57. The van der Waals surface area contributed by atoms with E-state index in [2.05, 4.69) is 20.6 Å². The second kappa shape index (κ2) is 7.19. The van der Waals surface area contributed by atoms with E-state index in [1.165, 1.54) is 6.07 Å². The Hall–Kier alpha value is -3.61. The van der Waals surface area contributed by atoms with E-state index < -0.39 is 6.17 Å². The lowest BCUT2D eigenvalue weighted by molar-refractivity contribution is -0.520. The number of aryl methyl sites for hydroxylation is 2. The quantitative estimate of drug-likeness (QED) is 0.644. The average Bonchev–Trinajstić information content (AvgIpc) is 2.67. The fraction of sp³-hybridized carbons (Fsp3) is 0.190. The van der Waals surface area contributed by atoms with Crippen LogP contribution >= 0.6 is 0 Å². The maximum atomic E-state index is 12.7. The molecular weight excluding hydrogens is 354 g/mol. The molecule has 142 valence electrons. The number of aromatic nitrogens is 2. The van der Waals surface area contributed by atoms with Crippen molar-refractivity contribution < 1.29 is 9.73 Å². The summed E-state index contributed by atoms with van der Waals surface area (Å²) in [6, 6.07) is 17.2. The van der Waals surface area contributed by atoms with Crippen LogP contribution in [0.2, 0.25) is 0 Å². The van der Waals surface area contributed by atoms with Crippen LogP contribution in [0.1, 0.15) is 23.0 Å². The first kappa shape index (κ1) is 17.8. The van der Waals surface area contributed by atoms with Gasteiger partial charge in [0.2, 0.25) is 0 Å². The van der Waals surface area contributed by atoms with Crippen molar-refractivity contribution >= 4 is 17.6 Å². The predicted octanol–water partition coefficient (Wildman–Crippen LogP) is 1.39. The van der Waals surface area contributed by atoms with Gasteiger partial charge in [0.15, 0.2) is 6.17 Å². The maximum absolute atomic E-state index is 12.7. The SMILES string of the molecule is COc1ccc([C@@H]2[NH+]=C(Nc3cccc(C)c3)Nc3nc(C)cc(=O)n32)cc1. The Morgan fingerprint density at radius 2 is 1.93 bits per heavy atom. The van der Waals surface area contributed by atoms with Gasteiger partial charge < -0.3 is 4.74 Å². The summed E-state index contributed by atoms with van der Waals surface area (Å²) in [5.41, 5.74) is 3.54. The zero-order valence-corrected chi connectivity index (χ0v) is 16.0. The highest BCUT2D eigenvalue weighted by molar-refractivity contribution is 5.99. The third kappa shape index (κ3) is 3.46. The van der Waals surface area contributed by atoms with Gasteiger partial charge in [-0.25, -0.2) is 20.2 Å². The number of hydrogen-bond acceptors (Lipinski definition) is 5. The van der Waals surface area contributed by atoms with E-state index in [-0.39, 0.29) is 5.56 Å². The van der Waals surface area contributed by atoms with Gasteiger partial charge in [0, 0.05) is 17.3 Å². The standard InChI is InChI=1S/C21H21N5O2/c1-13-5-4-6-16(11-13)23-20-24-19(15-7-9-17(28-3)10-8-15)26-18(27)12-14(2)22-21(26)25-20/h4-12,19H,1-3H3,(H2,22,23,24,25)/p+1/t19-/m1/s1. The highest BCUT2D eigenvalue weighted by Gasteiger charge is 2.29. The number of anilines is 2. The molecule has 4 rings (SSSR count). The van der Waals surface area contributed by atoms with Crippen LogP contribution in [0.5, 0.6) is 5.75 Å². The van der Waals surface area contributed by atoms with Gasteiger partial charge in [-0.05, 0) is 55.8 Å². The molecule has 0 fully saturated rings. The van der Waals surface area contributed by atoms with Crippen LogP contribution in [-0.2, 0) is 0 Å². The molecule has 0 aliphatic carbocycles. The molecule has 0 saturated carbocycles. The van der Waals surface area contributed by atoms with Crippen molar-refractivity contribution in [1.29, 1.82) is 0 Å². The average molecular weight is 376 g/mol. The number of hydrogen-bond donors (Lipinski definition) is 3. The number of guanidine groups is 1. The van der Waals surface area contributed by atoms with Crippen LogP contribution in [0.4, 0.5) is 11.6 Å². The van der Waals surface area contributed by atoms with Crippen LogP contribution in [0.3, 0.4) is 0 Å². The summed E-state index contributed by atoms with van der Waals surface area (Å²) in [6.45, 7) is 3.85. The van der Waals surface area contributed by atoms with E-state index in [9.17, 15) is 4.79 Å². The molecule has 7 nitrogen and oxygen atoms in total. The highest BCUT2D eigenvalue weighted by Crippen LogP contribution is 2.20. The van der Waals surface area contributed by atoms with Gasteiger partial charge >= 0.3 is 5.96 Å². The topological polar surface area (TPSA) is 82.2 Å². The van der Waals surface area contributed by atoms with Crippen LogP contribution in [0.15, 0.2) is 59.4 Å². The molecule has 0 unspecified atom stereocenters. The largest absolute Gasteiger partial charge is 0.497 e. The van der Waals surface area contributed by atoms with Crippen molar-refractivity contribution in [2.24, 2.45) is 0 Å². The van der Waals surface area contributed by atoms with Gasteiger partial charge in [0.25, 0.3) is 11.5 Å². The van der Waals surface area contributed by atoms with Gasteiger partial charge in [0.1, 0.15) is 5.75 Å². The van der Waals surface area contributed by atoms with Crippen molar-refractivity contribution in [2.75, 3.05) is 17.7 Å². The zero-order chi connectivity index (χ0) is 19.7. The van der Waals surface area contributed by atoms with Crippen LogP contribution < -0.4 is 25.9 Å². The summed E-state index contributed by atoms with van der Waals surface area (Å²) in [6.07, 6.45) is -0.407. The van der Waals surface area contributed by atoms with E-state index in [1.807, 2.05) is 62.4 Å². The Labute approximate surface area is 162 Å². The van der Waals surface area contributed by atoms with Gasteiger partial charge in [-0.1, -0.05) is 12.1 Å². The minimum Gasteiger partial charge on any atom is -0.497 e. The Morgan fingerprint density at radius 3 is 2.64 bits per heavy atom. The Morgan fingerprint density at radius 1 is 1.14 bits per heavy atom. The van der Waals surface area contributed by atoms with Gasteiger partial charge in [-0.15, -0.1) is 0 Å². The molecule has 1 aromatic heterocycles. The van der Waals surface area contributed by atoms with Crippen LogP contribution in [0.25, 0.3) is 0 Å². The molecule has 0 radical (unpaired) electrons. The normalized spacial score (nSPS) is 15.2. The van der Waals surface area contributed by atoms with E-state index in [0.717, 1.165) is 22.6 Å². The zero-order valence-electron chi connectivity index (χ0n) is 16.0. The molecule has 28 heavy (non-hydrogen) atoms. The summed E-state index contributed by atoms with van der Waals surface area (Å²) >= 11 is 0. The van der Waals surface area contributed by atoms with Gasteiger partial charge in [-0.3, -0.25) is 9.79 Å². The molecule has 1 aliphatic rings. The first-order chi connectivity index (χ1) is 13.5. The van der Waals surface area contributed by atoms with Crippen molar-refractivity contribution in [3.63, 3.8) is 0 Å². The molecule has 1 atom stereocenters. The van der Waals surface area contributed by atoms with Crippen molar-refractivity contribution in [2.45, 2.75) is 20.0 Å². The summed E-state index contributed by atoms with van der Waals surface area (Å²) in [5, 5.41) is 6.53. The van der Waals surface area contributed by atoms with Crippen molar-refractivity contribution in [3.05, 3.63) is 81.8 Å². The summed E-state index contributed by atoms with van der Waals surface area (Å²) < 4.78 is 6.85. The third-order valence-electron chi connectivity index (χ3n) is 4.58. The molecule has 0 amide bonds. The number of nitrogens with zero attached hydrogens (tertiary/aromatic N) is 2. The molecule has 2 aromatic carbocycles. The third-order valence-corrected chi connectivity index (χ3v) is 4.58. The summed E-state index contributed by atoms with van der Waals surface area (Å²) in [7, 11) is 1.63. The van der Waals surface area contributed by atoms with Gasteiger partial charge in [-0.2, -0.15) is 0 Å². The molecule has 3 N–H and O–H groups in total. The van der Waals surface area contributed by atoms with Crippen LogP contribution in [-0.4, -0.2) is 22.6 Å². The van der Waals surface area contributed by atoms with Gasteiger partial charge in [0.05, 0.1) is 12.8 Å². The van der Waals surface area contributed by atoms with E-state index in [4.69, 9.17) is 4.74 Å². The smallest absolute Gasteiger partial charge is 0.357 e. The lowest BCUT2D eigenvalue weighted by atomic mass is 10.1. The summed E-state index contributed by atoms with van der Waals surface area (Å²) in [5.74, 6) is 1.90.